The molecule has 0 radical (unpaired) electrons. The number of ketones is 1. The third-order valence-corrected chi connectivity index (χ3v) is 2.61. The third-order valence-electron chi connectivity index (χ3n) is 2.61. The summed E-state index contributed by atoms with van der Waals surface area (Å²) in [5.41, 5.74) is 5.34. The Hall–Kier alpha value is -1.82. The highest BCUT2D eigenvalue weighted by molar-refractivity contribution is 6.03. The van der Waals surface area contributed by atoms with Crippen molar-refractivity contribution in [2.75, 3.05) is 26.9 Å². The molecule has 2 rings (SSSR count). The van der Waals surface area contributed by atoms with Crippen molar-refractivity contribution in [3.63, 3.8) is 0 Å². The maximum atomic E-state index is 13.8. The average molecular weight is 255 g/mol. The Labute approximate surface area is 104 Å². The van der Waals surface area contributed by atoms with E-state index < -0.39 is 11.6 Å². The van der Waals surface area contributed by atoms with E-state index in [2.05, 4.69) is 0 Å². The minimum atomic E-state index is -0.668. The van der Waals surface area contributed by atoms with E-state index in [0.717, 1.165) is 6.07 Å². The van der Waals surface area contributed by atoms with E-state index in [0.29, 0.717) is 19.6 Å². The molecule has 1 aromatic rings. The number of carbonyl (C=O) groups excluding carboxylic acids is 1. The summed E-state index contributed by atoms with van der Waals surface area (Å²) in [4.78, 5) is 11.8. The number of fused-ring (bicyclic) bond motifs is 1. The van der Waals surface area contributed by atoms with Crippen molar-refractivity contribution in [1.29, 1.82) is 0 Å². The summed E-state index contributed by atoms with van der Waals surface area (Å²) in [5.74, 6) is -0.856. The fourth-order valence-corrected chi connectivity index (χ4v) is 1.81. The Bertz CT molecular complexity index is 476. The second-order valence-corrected chi connectivity index (χ2v) is 3.77. The number of nitrogens with two attached hydrogens (primary N) is 1. The summed E-state index contributed by atoms with van der Waals surface area (Å²) >= 11 is 0. The smallest absolute Gasteiger partial charge is 0.184 e. The van der Waals surface area contributed by atoms with Crippen molar-refractivity contribution in [2.24, 2.45) is 5.73 Å². The molecule has 0 amide bonds. The van der Waals surface area contributed by atoms with Crippen LogP contribution in [0.15, 0.2) is 6.07 Å². The Morgan fingerprint density at radius 2 is 2.22 bits per heavy atom. The molecule has 0 bridgehead atoms. The van der Waals surface area contributed by atoms with Crippen molar-refractivity contribution < 1.29 is 23.4 Å². The van der Waals surface area contributed by atoms with Gasteiger partial charge in [0.25, 0.3) is 0 Å². The van der Waals surface area contributed by atoms with Crippen molar-refractivity contribution >= 4 is 5.78 Å². The molecule has 1 aliphatic rings. The number of ether oxygens (including phenoxy) is 3. The van der Waals surface area contributed by atoms with Gasteiger partial charge in [0.1, 0.15) is 5.56 Å². The topological polar surface area (TPSA) is 70.8 Å². The number of halogens is 1. The van der Waals surface area contributed by atoms with E-state index >= 15 is 0 Å². The van der Waals surface area contributed by atoms with Gasteiger partial charge in [-0.15, -0.1) is 0 Å². The largest absolute Gasteiger partial charge is 0.493 e. The van der Waals surface area contributed by atoms with Crippen LogP contribution in [0.4, 0.5) is 4.39 Å². The monoisotopic (exact) mass is 255 g/mol. The molecule has 0 saturated heterocycles. The molecule has 0 aliphatic carbocycles. The fraction of sp³-hybridized carbons (Fsp3) is 0.417. The first kappa shape index (κ1) is 12.6. The number of hydrogen-bond donors (Lipinski definition) is 1. The predicted molar refractivity (Wildman–Crippen MR) is 61.9 cm³/mol. The second-order valence-electron chi connectivity index (χ2n) is 3.77. The van der Waals surface area contributed by atoms with Gasteiger partial charge in [-0.1, -0.05) is 0 Å². The Morgan fingerprint density at radius 1 is 1.50 bits per heavy atom. The molecular weight excluding hydrogens is 241 g/mol. The Kier molecular flexibility index (Phi) is 3.66. The van der Waals surface area contributed by atoms with Crippen LogP contribution in [-0.2, 0) is 0 Å². The maximum absolute atomic E-state index is 13.8. The van der Waals surface area contributed by atoms with Gasteiger partial charge < -0.3 is 19.9 Å². The molecule has 5 nitrogen and oxygen atoms in total. The zero-order valence-corrected chi connectivity index (χ0v) is 9.99. The van der Waals surface area contributed by atoms with Crippen molar-refractivity contribution in [3.05, 3.63) is 17.4 Å². The molecule has 1 heterocycles. The number of hydrogen-bond acceptors (Lipinski definition) is 5. The highest BCUT2D eigenvalue weighted by Crippen LogP contribution is 2.41. The minimum absolute atomic E-state index is 0.0110. The molecule has 18 heavy (non-hydrogen) atoms. The van der Waals surface area contributed by atoms with E-state index in [-0.39, 0.29) is 29.4 Å². The van der Waals surface area contributed by atoms with E-state index in [1.165, 1.54) is 7.11 Å². The van der Waals surface area contributed by atoms with Crippen molar-refractivity contribution in [2.45, 2.75) is 6.42 Å². The van der Waals surface area contributed by atoms with Gasteiger partial charge in [-0.3, -0.25) is 4.79 Å². The molecule has 2 N–H and O–H groups in total. The molecule has 0 aromatic heterocycles. The third kappa shape index (κ3) is 2.11. The summed E-state index contributed by atoms with van der Waals surface area (Å²) in [7, 11) is 1.29. The molecule has 6 heteroatoms. The molecule has 0 fully saturated rings. The molecule has 0 unspecified atom stereocenters. The van der Waals surface area contributed by atoms with Gasteiger partial charge in [0.05, 0.1) is 26.9 Å². The van der Waals surface area contributed by atoms with Gasteiger partial charge in [-0.2, -0.15) is 0 Å². The zero-order valence-electron chi connectivity index (χ0n) is 9.99. The van der Waals surface area contributed by atoms with E-state index in [9.17, 15) is 9.18 Å². The summed E-state index contributed by atoms with van der Waals surface area (Å²) < 4.78 is 29.5. The fourth-order valence-electron chi connectivity index (χ4n) is 1.81. The van der Waals surface area contributed by atoms with Crippen LogP contribution in [0.2, 0.25) is 0 Å². The summed E-state index contributed by atoms with van der Waals surface area (Å²) in [5, 5.41) is 0. The quantitative estimate of drug-likeness (QED) is 0.820. The molecule has 1 aliphatic heterocycles. The van der Waals surface area contributed by atoms with Crippen LogP contribution in [-0.4, -0.2) is 32.7 Å². The zero-order chi connectivity index (χ0) is 13.1. The average Bonchev–Trinajstić information content (AvgIpc) is 2.61. The first-order valence-electron chi connectivity index (χ1n) is 5.58. The van der Waals surface area contributed by atoms with E-state index in [1.807, 2.05) is 0 Å². The summed E-state index contributed by atoms with van der Waals surface area (Å²) in [6, 6.07) is 1.16. The number of Topliss-reactive ketones (excluding diaryl/α,β-unsaturated/α-hetero) is 1. The Morgan fingerprint density at radius 3 is 2.89 bits per heavy atom. The standard InChI is InChI=1S/C12H14FNO4/c1-16-11-7(13)5-9-12(10(11)8(15)6-14)18-4-2-3-17-9/h5H,2-4,6,14H2,1H3. The van der Waals surface area contributed by atoms with Crippen LogP contribution in [0.1, 0.15) is 16.8 Å². The molecular formula is C12H14FNO4. The van der Waals surface area contributed by atoms with Gasteiger partial charge in [-0.05, 0) is 0 Å². The highest BCUT2D eigenvalue weighted by Gasteiger charge is 2.27. The van der Waals surface area contributed by atoms with Crippen LogP contribution >= 0.6 is 0 Å². The van der Waals surface area contributed by atoms with Crippen molar-refractivity contribution in [3.8, 4) is 17.2 Å². The number of methoxy groups -OCH3 is 1. The van der Waals surface area contributed by atoms with E-state index in [4.69, 9.17) is 19.9 Å². The minimum Gasteiger partial charge on any atom is -0.493 e. The number of carbonyl (C=O) groups is 1. The van der Waals surface area contributed by atoms with Crippen LogP contribution in [0.5, 0.6) is 17.2 Å². The van der Waals surface area contributed by atoms with Crippen LogP contribution in [0.25, 0.3) is 0 Å². The summed E-state index contributed by atoms with van der Waals surface area (Å²) in [6.45, 7) is 0.553. The first-order valence-corrected chi connectivity index (χ1v) is 5.58. The summed E-state index contributed by atoms with van der Waals surface area (Å²) in [6.07, 6.45) is 0.662. The molecule has 0 saturated carbocycles. The van der Waals surface area contributed by atoms with Crippen LogP contribution < -0.4 is 19.9 Å². The highest BCUT2D eigenvalue weighted by atomic mass is 19.1. The lowest BCUT2D eigenvalue weighted by Crippen LogP contribution is -2.17. The first-order chi connectivity index (χ1) is 8.69. The van der Waals surface area contributed by atoms with Crippen molar-refractivity contribution in [1.82, 2.24) is 0 Å². The van der Waals surface area contributed by atoms with Crippen LogP contribution in [0, 0.1) is 5.82 Å². The predicted octanol–water partition coefficient (Wildman–Crippen LogP) is 1.14. The lowest BCUT2D eigenvalue weighted by atomic mass is 10.1. The van der Waals surface area contributed by atoms with Gasteiger partial charge in [0.2, 0.25) is 0 Å². The van der Waals surface area contributed by atoms with Crippen LogP contribution in [0.3, 0.4) is 0 Å². The lowest BCUT2D eigenvalue weighted by Gasteiger charge is -2.15. The van der Waals surface area contributed by atoms with E-state index in [1.54, 1.807) is 0 Å². The number of benzene rings is 1. The molecule has 98 valence electrons. The normalized spacial score (nSPS) is 13.9. The Balaban J connectivity index is 2.64. The second kappa shape index (κ2) is 5.22. The SMILES string of the molecule is COc1c(F)cc2c(c1C(=O)CN)OCCCO2. The number of rotatable bonds is 3. The lowest BCUT2D eigenvalue weighted by molar-refractivity contribution is 0.0993. The molecule has 1 aromatic carbocycles. The van der Waals surface area contributed by atoms with Gasteiger partial charge in [-0.25, -0.2) is 4.39 Å². The van der Waals surface area contributed by atoms with Gasteiger partial charge >= 0.3 is 0 Å². The van der Waals surface area contributed by atoms with Gasteiger partial charge in [0.15, 0.2) is 28.8 Å². The van der Waals surface area contributed by atoms with Gasteiger partial charge in [0, 0.05) is 12.5 Å². The molecule has 0 atom stereocenters. The molecule has 0 spiro atoms. The maximum Gasteiger partial charge on any atom is 0.184 e.